The van der Waals surface area contributed by atoms with Crippen LogP contribution in [0.1, 0.15) is 0 Å². The van der Waals surface area contributed by atoms with E-state index in [-0.39, 0.29) is 0 Å². The van der Waals surface area contributed by atoms with Crippen LogP contribution in [0.4, 0.5) is 16.4 Å². The summed E-state index contributed by atoms with van der Waals surface area (Å²) >= 11 is 0. The lowest BCUT2D eigenvalue weighted by Gasteiger charge is -2.14. The van der Waals surface area contributed by atoms with E-state index in [9.17, 15) is 4.79 Å². The Hall–Kier alpha value is -3.72. The van der Waals surface area contributed by atoms with Crippen molar-refractivity contribution < 1.29 is 23.7 Å². The molecule has 0 saturated carbocycles. The molecule has 2 N–H and O–H groups in total. The molecule has 0 aliphatic rings. The largest absolute Gasteiger partial charge is 0.497 e. The number of rotatable bonds is 9. The normalized spacial score (nSPS) is 10.5. The SMILES string of the molecule is COCCn1c(-c2cccc(OC)c2)cnc1NC(=O)Nc1ccc(OC)cc1OC. The molecule has 0 atom stereocenters. The topological polar surface area (TPSA) is 95.9 Å². The van der Waals surface area contributed by atoms with Crippen molar-refractivity contribution in [2.45, 2.75) is 6.54 Å². The van der Waals surface area contributed by atoms with Gasteiger partial charge in [0.15, 0.2) is 0 Å². The van der Waals surface area contributed by atoms with Crippen molar-refractivity contribution >= 4 is 17.7 Å². The van der Waals surface area contributed by atoms with E-state index in [1.165, 1.54) is 7.11 Å². The van der Waals surface area contributed by atoms with E-state index in [0.29, 0.717) is 36.3 Å². The number of methoxy groups -OCH3 is 4. The fourth-order valence-electron chi connectivity index (χ4n) is 3.05. The molecule has 3 aromatic rings. The molecule has 0 bridgehead atoms. The second-order valence-electron chi connectivity index (χ2n) is 6.49. The summed E-state index contributed by atoms with van der Waals surface area (Å²) in [5.74, 6) is 2.23. The maximum atomic E-state index is 12.7. The number of imidazole rings is 1. The average Bonchev–Trinajstić information content (AvgIpc) is 3.19. The fraction of sp³-hybridized carbons (Fsp3) is 0.273. The summed E-state index contributed by atoms with van der Waals surface area (Å²) in [5.41, 5.74) is 2.24. The Morgan fingerprint density at radius 3 is 2.45 bits per heavy atom. The van der Waals surface area contributed by atoms with Gasteiger partial charge in [-0.15, -0.1) is 0 Å². The van der Waals surface area contributed by atoms with Crippen LogP contribution in [0.25, 0.3) is 11.3 Å². The Morgan fingerprint density at radius 1 is 0.968 bits per heavy atom. The molecule has 3 rings (SSSR count). The van der Waals surface area contributed by atoms with Gasteiger partial charge in [-0.05, 0) is 24.3 Å². The van der Waals surface area contributed by atoms with Crippen molar-refractivity contribution in [3.8, 4) is 28.5 Å². The molecular weight excluding hydrogens is 400 g/mol. The summed E-state index contributed by atoms with van der Waals surface area (Å²) in [6.45, 7) is 0.959. The molecular formula is C22H26N4O5. The minimum Gasteiger partial charge on any atom is -0.497 e. The molecule has 31 heavy (non-hydrogen) atoms. The van der Waals surface area contributed by atoms with Crippen LogP contribution in [0, 0.1) is 0 Å². The molecule has 0 aliphatic heterocycles. The summed E-state index contributed by atoms with van der Waals surface area (Å²) < 4.78 is 22.9. The number of urea groups is 1. The van der Waals surface area contributed by atoms with Gasteiger partial charge in [0, 0.05) is 25.3 Å². The first-order valence-electron chi connectivity index (χ1n) is 9.58. The quantitative estimate of drug-likeness (QED) is 0.539. The van der Waals surface area contributed by atoms with Crippen LogP contribution in [0.5, 0.6) is 17.2 Å². The number of amides is 2. The second kappa shape index (κ2) is 10.4. The molecule has 0 aliphatic carbocycles. The van der Waals surface area contributed by atoms with Gasteiger partial charge in [0.05, 0.1) is 45.5 Å². The Kier molecular flexibility index (Phi) is 7.34. The molecule has 2 amide bonds. The monoisotopic (exact) mass is 426 g/mol. The van der Waals surface area contributed by atoms with Crippen molar-refractivity contribution in [1.82, 2.24) is 9.55 Å². The first kappa shape index (κ1) is 22.0. The van der Waals surface area contributed by atoms with Crippen LogP contribution < -0.4 is 24.8 Å². The number of benzene rings is 2. The van der Waals surface area contributed by atoms with Crippen LogP contribution in [0.2, 0.25) is 0 Å². The maximum absolute atomic E-state index is 12.7. The number of ether oxygens (including phenoxy) is 4. The molecule has 0 unspecified atom stereocenters. The highest BCUT2D eigenvalue weighted by Crippen LogP contribution is 2.30. The van der Waals surface area contributed by atoms with Crippen LogP contribution >= 0.6 is 0 Å². The molecule has 0 spiro atoms. The van der Waals surface area contributed by atoms with Crippen molar-refractivity contribution in [2.75, 3.05) is 45.7 Å². The van der Waals surface area contributed by atoms with Crippen LogP contribution in [0.15, 0.2) is 48.7 Å². The second-order valence-corrected chi connectivity index (χ2v) is 6.49. The van der Waals surface area contributed by atoms with Gasteiger partial charge >= 0.3 is 6.03 Å². The first-order valence-corrected chi connectivity index (χ1v) is 9.58. The molecule has 2 aromatic carbocycles. The van der Waals surface area contributed by atoms with Crippen molar-refractivity contribution in [1.29, 1.82) is 0 Å². The highest BCUT2D eigenvalue weighted by Gasteiger charge is 2.16. The van der Waals surface area contributed by atoms with Gasteiger partial charge in [-0.3, -0.25) is 5.32 Å². The smallest absolute Gasteiger partial charge is 0.326 e. The van der Waals surface area contributed by atoms with E-state index >= 15 is 0 Å². The van der Waals surface area contributed by atoms with Gasteiger partial charge in [0.25, 0.3) is 0 Å². The number of nitrogens with zero attached hydrogens (tertiary/aromatic N) is 2. The van der Waals surface area contributed by atoms with Crippen LogP contribution in [0.3, 0.4) is 0 Å². The summed E-state index contributed by atoms with van der Waals surface area (Å²) in [7, 11) is 6.33. The standard InChI is InChI=1S/C22H26N4O5/c1-28-11-10-26-19(15-6-5-7-16(12-15)29-2)14-23-21(26)25-22(27)24-18-9-8-17(30-3)13-20(18)31-4/h5-9,12-14H,10-11H2,1-4H3,(H2,23,24,25,27). The van der Waals surface area contributed by atoms with E-state index in [2.05, 4.69) is 15.6 Å². The molecule has 1 aromatic heterocycles. The van der Waals surface area contributed by atoms with Crippen molar-refractivity contribution in [3.05, 3.63) is 48.7 Å². The number of hydrogen-bond donors (Lipinski definition) is 2. The van der Waals surface area contributed by atoms with Crippen molar-refractivity contribution in [3.63, 3.8) is 0 Å². The summed E-state index contributed by atoms with van der Waals surface area (Å²) in [6.07, 6.45) is 1.70. The van der Waals surface area contributed by atoms with Gasteiger partial charge in [0.2, 0.25) is 5.95 Å². The van der Waals surface area contributed by atoms with E-state index in [1.807, 2.05) is 28.8 Å². The third-order valence-corrected chi connectivity index (χ3v) is 4.62. The third kappa shape index (κ3) is 5.26. The lowest BCUT2D eigenvalue weighted by molar-refractivity contribution is 0.188. The Bertz CT molecular complexity index is 1030. The number of aromatic nitrogens is 2. The minimum absolute atomic E-state index is 0.389. The van der Waals surface area contributed by atoms with Crippen LogP contribution in [-0.4, -0.2) is 50.6 Å². The summed E-state index contributed by atoms with van der Waals surface area (Å²) in [4.78, 5) is 17.1. The zero-order valence-corrected chi connectivity index (χ0v) is 18.0. The molecule has 9 nitrogen and oxygen atoms in total. The number of nitrogens with one attached hydrogen (secondary N) is 2. The summed E-state index contributed by atoms with van der Waals surface area (Å²) in [6, 6.07) is 12.3. The first-order chi connectivity index (χ1) is 15.1. The number of anilines is 2. The Morgan fingerprint density at radius 2 is 1.74 bits per heavy atom. The number of hydrogen-bond acceptors (Lipinski definition) is 6. The van der Waals surface area contributed by atoms with Crippen LogP contribution in [-0.2, 0) is 11.3 Å². The highest BCUT2D eigenvalue weighted by atomic mass is 16.5. The zero-order valence-electron chi connectivity index (χ0n) is 18.0. The van der Waals surface area contributed by atoms with Gasteiger partial charge in [-0.1, -0.05) is 12.1 Å². The van der Waals surface area contributed by atoms with E-state index < -0.39 is 6.03 Å². The molecule has 0 radical (unpaired) electrons. The molecule has 0 fully saturated rings. The van der Waals surface area contributed by atoms with Gasteiger partial charge < -0.3 is 28.8 Å². The van der Waals surface area contributed by atoms with E-state index in [4.69, 9.17) is 18.9 Å². The Balaban J connectivity index is 1.84. The molecule has 164 valence electrons. The highest BCUT2D eigenvalue weighted by molar-refractivity contribution is 6.00. The molecule has 1 heterocycles. The predicted octanol–water partition coefficient (Wildman–Crippen LogP) is 3.87. The van der Waals surface area contributed by atoms with E-state index in [0.717, 1.165) is 17.0 Å². The lowest BCUT2D eigenvalue weighted by Crippen LogP contribution is -2.23. The predicted molar refractivity (Wildman–Crippen MR) is 118 cm³/mol. The third-order valence-electron chi connectivity index (χ3n) is 4.62. The molecule has 0 saturated heterocycles. The minimum atomic E-state index is -0.454. The average molecular weight is 426 g/mol. The number of carbonyl (C=O) groups excluding carboxylic acids is 1. The van der Waals surface area contributed by atoms with E-state index in [1.54, 1.807) is 45.7 Å². The van der Waals surface area contributed by atoms with Gasteiger partial charge in [-0.2, -0.15) is 0 Å². The van der Waals surface area contributed by atoms with Crippen molar-refractivity contribution in [2.24, 2.45) is 0 Å². The van der Waals surface area contributed by atoms with Gasteiger partial charge in [0.1, 0.15) is 17.2 Å². The molecule has 9 heteroatoms. The Labute approximate surface area is 180 Å². The lowest BCUT2D eigenvalue weighted by atomic mass is 10.1. The number of carbonyl (C=O) groups is 1. The zero-order chi connectivity index (χ0) is 22.2. The maximum Gasteiger partial charge on any atom is 0.326 e. The fourth-order valence-corrected chi connectivity index (χ4v) is 3.05. The summed E-state index contributed by atoms with van der Waals surface area (Å²) in [5, 5.41) is 5.57. The van der Waals surface area contributed by atoms with Gasteiger partial charge in [-0.25, -0.2) is 9.78 Å².